The summed E-state index contributed by atoms with van der Waals surface area (Å²) in [5.41, 5.74) is -6.70. The normalized spacial score (nSPS) is 17.6. The maximum atomic E-state index is 14.3. The molecule has 1 heterocycles. The number of nitrogens with zero attached hydrogens (tertiary/aromatic N) is 1. The summed E-state index contributed by atoms with van der Waals surface area (Å²) in [6.07, 6.45) is -17.7. The Bertz CT molecular complexity index is 1280. The Labute approximate surface area is 219 Å². The number of nitrogens with one attached hydrogen (secondary N) is 2. The molecule has 0 bridgehead atoms. The van der Waals surface area contributed by atoms with Crippen LogP contribution in [0.15, 0.2) is 41.6 Å². The summed E-state index contributed by atoms with van der Waals surface area (Å²) in [6, 6.07) is 4.79. The van der Waals surface area contributed by atoms with Crippen molar-refractivity contribution in [1.82, 2.24) is 10.6 Å². The fraction of sp³-hybridized carbons (Fsp3) is 0.375. The molecule has 0 fully saturated rings. The van der Waals surface area contributed by atoms with Gasteiger partial charge in [0.2, 0.25) is 5.91 Å². The van der Waals surface area contributed by atoms with Crippen LogP contribution in [0.5, 0.6) is 0 Å². The van der Waals surface area contributed by atoms with E-state index in [-0.39, 0.29) is 22.4 Å². The number of aryl methyl sites for hydroxylation is 1. The fourth-order valence-corrected chi connectivity index (χ4v) is 3.84. The van der Waals surface area contributed by atoms with Crippen LogP contribution in [0, 0.1) is 6.92 Å². The summed E-state index contributed by atoms with van der Waals surface area (Å²) < 4.78 is 132. The van der Waals surface area contributed by atoms with Gasteiger partial charge in [0.15, 0.2) is 0 Å². The second-order valence-corrected chi connectivity index (χ2v) is 8.72. The monoisotopic (exact) mass is 587 g/mol. The number of amides is 2. The third kappa shape index (κ3) is 6.83. The van der Waals surface area contributed by atoms with E-state index in [1.807, 2.05) is 0 Å². The van der Waals surface area contributed by atoms with Gasteiger partial charge in [0.1, 0.15) is 6.54 Å². The average molecular weight is 587 g/mol. The zero-order chi connectivity index (χ0) is 30.0. The molecule has 0 radical (unpaired) electrons. The first kappa shape index (κ1) is 30.7. The summed E-state index contributed by atoms with van der Waals surface area (Å²) in [6.45, 7) is -1.02. The number of rotatable bonds is 8. The highest BCUT2D eigenvalue weighted by Crippen LogP contribution is 2.50. The van der Waals surface area contributed by atoms with Gasteiger partial charge in [-0.1, -0.05) is 11.2 Å². The number of hydrogen-bond acceptors (Lipinski definition) is 4. The molecule has 0 aliphatic carbocycles. The SMILES string of the molecule is Cc1cc(C2=NO[C@](c3cc(C(F)F)cc(C(F)F)c3)(C(F)(F)F)C2)ccc1C(=O)NCC(=O)NCC(F)(F)F. The van der Waals surface area contributed by atoms with Crippen LogP contribution < -0.4 is 10.6 Å². The van der Waals surface area contributed by atoms with E-state index in [0.717, 1.165) is 6.07 Å². The standard InChI is InChI=1S/C24H19F10N3O3/c1-11-4-12(2-3-16(11)21(39)35-9-18(38)36-10-23(29,30)31)17-8-22(40-37-17,24(32,33)34)15-6-13(19(25)26)5-14(7-15)20(27)28/h2-7,19-20H,8-10H2,1H3,(H,35,39)(H,36,38)/t22-/m1/s1. The van der Waals surface area contributed by atoms with Gasteiger partial charge in [0, 0.05) is 28.7 Å². The first-order valence-electron chi connectivity index (χ1n) is 11.2. The summed E-state index contributed by atoms with van der Waals surface area (Å²) >= 11 is 0. The van der Waals surface area contributed by atoms with Gasteiger partial charge in [-0.05, 0) is 48.4 Å². The van der Waals surface area contributed by atoms with E-state index < -0.39 is 78.8 Å². The summed E-state index contributed by atoms with van der Waals surface area (Å²) in [5.74, 6) is -1.99. The van der Waals surface area contributed by atoms with Crippen LogP contribution >= 0.6 is 0 Å². The molecular weight excluding hydrogens is 568 g/mol. The Morgan fingerprint density at radius 2 is 1.55 bits per heavy atom. The Kier molecular flexibility index (Phi) is 8.69. The maximum Gasteiger partial charge on any atom is 0.435 e. The lowest BCUT2D eigenvalue weighted by molar-refractivity contribution is -0.276. The molecule has 1 aliphatic heterocycles. The van der Waals surface area contributed by atoms with E-state index in [9.17, 15) is 53.5 Å². The third-order valence-corrected chi connectivity index (χ3v) is 5.83. The third-order valence-electron chi connectivity index (χ3n) is 5.83. The van der Waals surface area contributed by atoms with Gasteiger partial charge < -0.3 is 15.5 Å². The van der Waals surface area contributed by atoms with Crippen LogP contribution in [0.3, 0.4) is 0 Å². The van der Waals surface area contributed by atoms with Crippen LogP contribution in [0.1, 0.15) is 57.4 Å². The first-order chi connectivity index (χ1) is 18.4. The van der Waals surface area contributed by atoms with Crippen molar-refractivity contribution in [2.45, 2.75) is 44.1 Å². The topological polar surface area (TPSA) is 79.8 Å². The van der Waals surface area contributed by atoms with Crippen LogP contribution in [-0.2, 0) is 15.2 Å². The van der Waals surface area contributed by atoms with E-state index in [4.69, 9.17) is 4.84 Å². The molecule has 1 aliphatic rings. The van der Waals surface area contributed by atoms with Gasteiger partial charge >= 0.3 is 12.4 Å². The van der Waals surface area contributed by atoms with Crippen molar-refractivity contribution in [3.05, 3.63) is 69.8 Å². The van der Waals surface area contributed by atoms with E-state index in [1.165, 1.54) is 19.1 Å². The van der Waals surface area contributed by atoms with Crippen molar-refractivity contribution >= 4 is 17.5 Å². The molecule has 0 aromatic heterocycles. The molecule has 0 saturated carbocycles. The van der Waals surface area contributed by atoms with Gasteiger partial charge in [-0.2, -0.15) is 26.3 Å². The molecule has 40 heavy (non-hydrogen) atoms. The Balaban J connectivity index is 1.83. The minimum Gasteiger partial charge on any atom is -0.374 e. The van der Waals surface area contributed by atoms with E-state index in [1.54, 1.807) is 5.32 Å². The van der Waals surface area contributed by atoms with Crippen LogP contribution in [0.25, 0.3) is 0 Å². The van der Waals surface area contributed by atoms with Gasteiger partial charge in [-0.3, -0.25) is 9.59 Å². The summed E-state index contributed by atoms with van der Waals surface area (Å²) in [4.78, 5) is 28.6. The predicted molar refractivity (Wildman–Crippen MR) is 119 cm³/mol. The molecule has 3 rings (SSSR count). The fourth-order valence-electron chi connectivity index (χ4n) is 3.84. The minimum absolute atomic E-state index is 0.0159. The number of halogens is 10. The molecule has 2 aromatic carbocycles. The van der Waals surface area contributed by atoms with Crippen molar-refractivity contribution in [2.75, 3.05) is 13.1 Å². The highest BCUT2D eigenvalue weighted by atomic mass is 19.4. The molecule has 2 amide bonds. The highest BCUT2D eigenvalue weighted by Gasteiger charge is 2.62. The van der Waals surface area contributed by atoms with Crippen molar-refractivity contribution in [2.24, 2.45) is 5.16 Å². The van der Waals surface area contributed by atoms with Crippen molar-refractivity contribution in [3.63, 3.8) is 0 Å². The number of hydrogen-bond donors (Lipinski definition) is 2. The molecule has 2 N–H and O–H groups in total. The molecular formula is C24H19F10N3O3. The molecule has 16 heteroatoms. The molecule has 1 atom stereocenters. The lowest BCUT2D eigenvalue weighted by Gasteiger charge is -2.30. The van der Waals surface area contributed by atoms with Crippen molar-refractivity contribution < 1.29 is 58.3 Å². The second kappa shape index (κ2) is 11.3. The lowest BCUT2D eigenvalue weighted by atomic mass is 9.84. The van der Waals surface area contributed by atoms with Crippen LogP contribution in [-0.4, -0.2) is 43.0 Å². The molecule has 218 valence electrons. The molecule has 2 aromatic rings. The second-order valence-electron chi connectivity index (χ2n) is 8.72. The first-order valence-corrected chi connectivity index (χ1v) is 11.2. The number of benzene rings is 2. The van der Waals surface area contributed by atoms with E-state index >= 15 is 0 Å². The number of alkyl halides is 10. The van der Waals surface area contributed by atoms with Gasteiger partial charge in [0.05, 0.1) is 12.3 Å². The molecule has 0 spiro atoms. The summed E-state index contributed by atoms with van der Waals surface area (Å²) in [5, 5.41) is 7.11. The van der Waals surface area contributed by atoms with Gasteiger partial charge in [0.25, 0.3) is 24.4 Å². The zero-order valence-corrected chi connectivity index (χ0v) is 20.2. The maximum absolute atomic E-state index is 14.3. The predicted octanol–water partition coefficient (Wildman–Crippen LogP) is 5.86. The largest absolute Gasteiger partial charge is 0.435 e. The number of carbonyl (C=O) groups is 2. The van der Waals surface area contributed by atoms with Gasteiger partial charge in [-0.25, -0.2) is 17.6 Å². The van der Waals surface area contributed by atoms with Crippen molar-refractivity contribution in [3.8, 4) is 0 Å². The Hall–Kier alpha value is -3.85. The number of oxime groups is 1. The zero-order valence-electron chi connectivity index (χ0n) is 20.2. The number of carbonyl (C=O) groups excluding carboxylic acids is 2. The van der Waals surface area contributed by atoms with E-state index in [0.29, 0.717) is 18.2 Å². The van der Waals surface area contributed by atoms with Crippen LogP contribution in [0.2, 0.25) is 0 Å². The van der Waals surface area contributed by atoms with Crippen molar-refractivity contribution in [1.29, 1.82) is 0 Å². The average Bonchev–Trinajstić information content (AvgIpc) is 3.32. The minimum atomic E-state index is -5.28. The quantitative estimate of drug-likeness (QED) is 0.380. The molecule has 0 saturated heterocycles. The summed E-state index contributed by atoms with van der Waals surface area (Å²) in [7, 11) is 0. The van der Waals surface area contributed by atoms with Gasteiger partial charge in [-0.15, -0.1) is 0 Å². The smallest absolute Gasteiger partial charge is 0.374 e. The molecule has 6 nitrogen and oxygen atoms in total. The van der Waals surface area contributed by atoms with E-state index in [2.05, 4.69) is 10.5 Å². The van der Waals surface area contributed by atoms with Crippen LogP contribution in [0.4, 0.5) is 43.9 Å². The lowest BCUT2D eigenvalue weighted by Crippen LogP contribution is -2.43. The molecule has 0 unspecified atom stereocenters. The Morgan fingerprint density at radius 3 is 2.05 bits per heavy atom. The highest BCUT2D eigenvalue weighted by molar-refractivity contribution is 6.04. The Morgan fingerprint density at radius 1 is 0.950 bits per heavy atom.